The lowest BCUT2D eigenvalue weighted by Gasteiger charge is -2.15. The molecule has 0 radical (unpaired) electrons. The van der Waals surface area contributed by atoms with Gasteiger partial charge in [-0.3, -0.25) is 14.5 Å². The van der Waals surface area contributed by atoms with Gasteiger partial charge in [-0.2, -0.15) is 5.10 Å². The number of nitrogen functional groups attached to an aromatic ring is 1. The van der Waals surface area contributed by atoms with E-state index >= 15 is 0 Å². The van der Waals surface area contributed by atoms with Crippen LogP contribution in [-0.4, -0.2) is 27.7 Å². The highest BCUT2D eigenvalue weighted by Gasteiger charge is 2.16. The summed E-state index contributed by atoms with van der Waals surface area (Å²) in [4.78, 5) is 15.7. The van der Waals surface area contributed by atoms with E-state index in [1.165, 1.54) is 0 Å². The van der Waals surface area contributed by atoms with E-state index in [-0.39, 0.29) is 11.9 Å². The third-order valence-corrected chi connectivity index (χ3v) is 3.47. The van der Waals surface area contributed by atoms with Crippen LogP contribution in [0.1, 0.15) is 40.4 Å². The van der Waals surface area contributed by atoms with Crippen LogP contribution in [0.15, 0.2) is 18.3 Å². The third-order valence-electron chi connectivity index (χ3n) is 3.47. The molecule has 0 aromatic carbocycles. The summed E-state index contributed by atoms with van der Waals surface area (Å²) in [5, 5.41) is 7.02. The summed E-state index contributed by atoms with van der Waals surface area (Å²) >= 11 is 0. The van der Waals surface area contributed by atoms with Gasteiger partial charge in [0.1, 0.15) is 5.69 Å². The van der Waals surface area contributed by atoms with Crippen molar-refractivity contribution in [1.29, 1.82) is 0 Å². The molecule has 3 N–H and O–H groups in total. The fraction of sp³-hybridized carbons (Fsp3) is 0.357. The predicted octanol–water partition coefficient (Wildman–Crippen LogP) is 1.45. The molecule has 0 aliphatic carbocycles. The van der Waals surface area contributed by atoms with Crippen molar-refractivity contribution in [2.75, 3.05) is 12.8 Å². The van der Waals surface area contributed by atoms with Crippen molar-refractivity contribution in [1.82, 2.24) is 20.1 Å². The Hall–Kier alpha value is -2.37. The zero-order valence-corrected chi connectivity index (χ0v) is 12.1. The average molecular weight is 273 g/mol. The van der Waals surface area contributed by atoms with Crippen LogP contribution < -0.4 is 11.1 Å². The van der Waals surface area contributed by atoms with Gasteiger partial charge in [0.25, 0.3) is 5.91 Å². The largest absolute Gasteiger partial charge is 0.396 e. The van der Waals surface area contributed by atoms with E-state index in [4.69, 9.17) is 5.73 Å². The molecule has 106 valence electrons. The van der Waals surface area contributed by atoms with Crippen molar-refractivity contribution < 1.29 is 4.79 Å². The zero-order chi connectivity index (χ0) is 14.9. The number of nitrogens with two attached hydrogens (primary N) is 1. The number of carbonyl (C=O) groups is 1. The molecule has 6 nitrogen and oxygen atoms in total. The van der Waals surface area contributed by atoms with Crippen LogP contribution in [-0.2, 0) is 0 Å². The van der Waals surface area contributed by atoms with Gasteiger partial charge >= 0.3 is 0 Å². The Labute approximate surface area is 118 Å². The van der Waals surface area contributed by atoms with Crippen LogP contribution in [0.3, 0.4) is 0 Å². The van der Waals surface area contributed by atoms with Crippen LogP contribution >= 0.6 is 0 Å². The normalized spacial score (nSPS) is 12.2. The standard InChI is InChI=1S/C14H19N5O/c1-8-13(15)10(3)19(18-8)9(2)11-5-6-17-12(7-11)14(20)16-4/h5-7,9H,15H2,1-4H3,(H,16,20). The van der Waals surface area contributed by atoms with Crippen molar-refractivity contribution in [3.8, 4) is 0 Å². The first-order chi connectivity index (χ1) is 9.45. The minimum atomic E-state index is -0.202. The second-order valence-electron chi connectivity index (χ2n) is 4.76. The second-order valence-corrected chi connectivity index (χ2v) is 4.76. The highest BCUT2D eigenvalue weighted by molar-refractivity contribution is 5.92. The molecule has 1 amide bonds. The first-order valence-electron chi connectivity index (χ1n) is 6.45. The minimum absolute atomic E-state index is 0.0163. The van der Waals surface area contributed by atoms with Crippen molar-refractivity contribution in [2.24, 2.45) is 0 Å². The van der Waals surface area contributed by atoms with Crippen LogP contribution in [0.2, 0.25) is 0 Å². The van der Waals surface area contributed by atoms with Crippen molar-refractivity contribution in [3.63, 3.8) is 0 Å². The summed E-state index contributed by atoms with van der Waals surface area (Å²) in [5.41, 5.74) is 9.76. The molecule has 0 saturated heterocycles. The van der Waals surface area contributed by atoms with Gasteiger partial charge in [-0.15, -0.1) is 0 Å². The summed E-state index contributed by atoms with van der Waals surface area (Å²) in [5.74, 6) is -0.202. The van der Waals surface area contributed by atoms with Crippen LogP contribution in [0, 0.1) is 13.8 Å². The van der Waals surface area contributed by atoms with E-state index in [9.17, 15) is 4.79 Å². The van der Waals surface area contributed by atoms with Crippen LogP contribution in [0.4, 0.5) is 5.69 Å². The highest BCUT2D eigenvalue weighted by Crippen LogP contribution is 2.24. The predicted molar refractivity (Wildman–Crippen MR) is 77.6 cm³/mol. The number of carbonyl (C=O) groups excluding carboxylic acids is 1. The number of aromatic nitrogens is 3. The molecule has 0 saturated carbocycles. The topological polar surface area (TPSA) is 85.8 Å². The second kappa shape index (κ2) is 5.32. The molecular formula is C14H19N5O. The van der Waals surface area contributed by atoms with Crippen molar-refractivity contribution in [3.05, 3.63) is 41.0 Å². The highest BCUT2D eigenvalue weighted by atomic mass is 16.1. The van der Waals surface area contributed by atoms with E-state index in [0.29, 0.717) is 11.4 Å². The number of amides is 1. The molecule has 2 rings (SSSR count). The van der Waals surface area contributed by atoms with Gasteiger partial charge in [0.05, 0.1) is 23.1 Å². The maximum absolute atomic E-state index is 11.6. The zero-order valence-electron chi connectivity index (χ0n) is 12.1. The molecule has 20 heavy (non-hydrogen) atoms. The van der Waals surface area contributed by atoms with E-state index in [1.807, 2.05) is 31.5 Å². The number of hydrogen-bond donors (Lipinski definition) is 2. The molecule has 1 atom stereocenters. The van der Waals surface area contributed by atoms with Gasteiger partial charge in [0.15, 0.2) is 0 Å². The summed E-state index contributed by atoms with van der Waals surface area (Å²) in [6.45, 7) is 5.84. The molecule has 2 heterocycles. The first kappa shape index (κ1) is 14.0. The molecule has 0 spiro atoms. The molecular weight excluding hydrogens is 254 g/mol. The lowest BCUT2D eigenvalue weighted by Crippen LogP contribution is -2.20. The molecule has 1 unspecified atom stereocenters. The molecule has 0 fully saturated rings. The lowest BCUT2D eigenvalue weighted by molar-refractivity contribution is 0.0958. The Morgan fingerprint density at radius 1 is 1.45 bits per heavy atom. The number of rotatable bonds is 3. The molecule has 2 aromatic heterocycles. The molecule has 6 heteroatoms. The van der Waals surface area contributed by atoms with E-state index in [1.54, 1.807) is 19.3 Å². The Bertz CT molecular complexity index is 647. The first-order valence-corrected chi connectivity index (χ1v) is 6.45. The summed E-state index contributed by atoms with van der Waals surface area (Å²) in [7, 11) is 1.59. The van der Waals surface area contributed by atoms with Gasteiger partial charge < -0.3 is 11.1 Å². The Kier molecular flexibility index (Phi) is 3.74. The van der Waals surface area contributed by atoms with E-state index < -0.39 is 0 Å². The summed E-state index contributed by atoms with van der Waals surface area (Å²) in [6.07, 6.45) is 1.63. The number of aryl methyl sites for hydroxylation is 1. The quantitative estimate of drug-likeness (QED) is 0.886. The molecule has 2 aromatic rings. The van der Waals surface area contributed by atoms with Gasteiger partial charge in [0, 0.05) is 13.2 Å². The van der Waals surface area contributed by atoms with E-state index in [0.717, 1.165) is 17.0 Å². The number of nitrogens with zero attached hydrogens (tertiary/aromatic N) is 3. The van der Waals surface area contributed by atoms with Gasteiger partial charge in [-0.05, 0) is 38.5 Å². The summed E-state index contributed by atoms with van der Waals surface area (Å²) in [6, 6.07) is 3.64. The molecule has 0 aliphatic rings. The smallest absolute Gasteiger partial charge is 0.269 e. The van der Waals surface area contributed by atoms with Gasteiger partial charge in [-0.25, -0.2) is 0 Å². The van der Waals surface area contributed by atoms with E-state index in [2.05, 4.69) is 15.4 Å². The average Bonchev–Trinajstić information content (AvgIpc) is 2.73. The number of pyridine rings is 1. The fourth-order valence-electron chi connectivity index (χ4n) is 2.15. The lowest BCUT2D eigenvalue weighted by atomic mass is 10.1. The molecule has 0 bridgehead atoms. The Balaban J connectivity index is 2.40. The van der Waals surface area contributed by atoms with Crippen LogP contribution in [0.5, 0.6) is 0 Å². The monoisotopic (exact) mass is 273 g/mol. The van der Waals surface area contributed by atoms with Gasteiger partial charge in [0.2, 0.25) is 0 Å². The SMILES string of the molecule is CNC(=O)c1cc(C(C)n2nc(C)c(N)c2C)ccn1. The number of hydrogen-bond acceptors (Lipinski definition) is 4. The Morgan fingerprint density at radius 3 is 2.70 bits per heavy atom. The fourth-order valence-corrected chi connectivity index (χ4v) is 2.15. The number of anilines is 1. The maximum atomic E-state index is 11.6. The van der Waals surface area contributed by atoms with Crippen molar-refractivity contribution in [2.45, 2.75) is 26.8 Å². The number of nitrogens with one attached hydrogen (secondary N) is 1. The minimum Gasteiger partial charge on any atom is -0.396 e. The van der Waals surface area contributed by atoms with Crippen LogP contribution in [0.25, 0.3) is 0 Å². The van der Waals surface area contributed by atoms with Gasteiger partial charge in [-0.1, -0.05) is 0 Å². The maximum Gasteiger partial charge on any atom is 0.269 e. The third kappa shape index (κ3) is 2.36. The molecule has 0 aliphatic heterocycles. The van der Waals surface area contributed by atoms with Crippen molar-refractivity contribution >= 4 is 11.6 Å². The Morgan fingerprint density at radius 2 is 2.15 bits per heavy atom. The summed E-state index contributed by atoms with van der Waals surface area (Å²) < 4.78 is 1.87.